The zero-order valence-corrected chi connectivity index (χ0v) is 18.2. The highest BCUT2D eigenvalue weighted by molar-refractivity contribution is 5.96. The third-order valence-electron chi connectivity index (χ3n) is 7.41. The van der Waals surface area contributed by atoms with Crippen molar-refractivity contribution in [3.05, 3.63) is 47.8 Å². The van der Waals surface area contributed by atoms with Crippen molar-refractivity contribution in [3.63, 3.8) is 0 Å². The Hall–Kier alpha value is -2.47. The minimum Gasteiger partial charge on any atom is -0.341 e. The van der Waals surface area contributed by atoms with E-state index in [1.165, 1.54) is 24.8 Å². The highest BCUT2D eigenvalue weighted by atomic mass is 16.2. The number of nitrogens with zero attached hydrogens (tertiary/aromatic N) is 4. The van der Waals surface area contributed by atoms with Gasteiger partial charge in [-0.2, -0.15) is 0 Å². The Morgan fingerprint density at radius 2 is 1.81 bits per heavy atom. The summed E-state index contributed by atoms with van der Waals surface area (Å²) >= 11 is 0. The Labute approximate surface area is 184 Å². The van der Waals surface area contributed by atoms with E-state index in [2.05, 4.69) is 16.0 Å². The number of hydrogen-bond acceptors (Lipinski definition) is 4. The Balaban J connectivity index is 1.12. The number of rotatable bonds is 4. The lowest BCUT2D eigenvalue weighted by molar-refractivity contribution is -0.146. The molecule has 2 aliphatic heterocycles. The largest absolute Gasteiger partial charge is 0.341 e. The zero-order valence-electron chi connectivity index (χ0n) is 18.2. The smallest absolute Gasteiger partial charge is 0.249 e. The first-order valence-electron chi connectivity index (χ1n) is 11.8. The van der Waals surface area contributed by atoms with E-state index in [1.807, 2.05) is 34.2 Å². The van der Waals surface area contributed by atoms with Gasteiger partial charge in [-0.1, -0.05) is 24.6 Å². The third kappa shape index (κ3) is 4.31. The number of allylic oxidation sites excluding steroid dienone is 3. The predicted octanol–water partition coefficient (Wildman–Crippen LogP) is 2.73. The van der Waals surface area contributed by atoms with E-state index in [-0.39, 0.29) is 17.7 Å². The average Bonchev–Trinajstić information content (AvgIpc) is 2.98. The molecule has 1 saturated carbocycles. The summed E-state index contributed by atoms with van der Waals surface area (Å²) in [6.07, 6.45) is 14.3. The van der Waals surface area contributed by atoms with Gasteiger partial charge in [-0.15, -0.1) is 0 Å². The van der Waals surface area contributed by atoms with Crippen LogP contribution >= 0.6 is 0 Å². The van der Waals surface area contributed by atoms with Crippen LogP contribution in [0.4, 0.5) is 0 Å². The molecule has 0 bridgehead atoms. The van der Waals surface area contributed by atoms with Crippen LogP contribution in [-0.2, 0) is 9.59 Å². The van der Waals surface area contributed by atoms with Gasteiger partial charge < -0.3 is 9.80 Å². The molecule has 2 aliphatic carbocycles. The van der Waals surface area contributed by atoms with Crippen molar-refractivity contribution in [3.8, 4) is 0 Å². The molecule has 3 heterocycles. The molecule has 164 valence electrons. The van der Waals surface area contributed by atoms with Gasteiger partial charge in [0, 0.05) is 63.3 Å². The SMILES string of the molecule is O=C(C1=CC=C(c2cccnc2)CC1)N1CC(C(=O)N2CCCN(C3CCC3)CC2)C1. The fourth-order valence-electron chi connectivity index (χ4n) is 5.15. The van der Waals surface area contributed by atoms with Gasteiger partial charge in [0.2, 0.25) is 11.8 Å². The van der Waals surface area contributed by atoms with Crippen molar-refractivity contribution in [2.45, 2.75) is 44.6 Å². The molecule has 0 radical (unpaired) electrons. The molecule has 2 saturated heterocycles. The second-order valence-electron chi connectivity index (χ2n) is 9.33. The summed E-state index contributed by atoms with van der Waals surface area (Å²) in [7, 11) is 0. The molecule has 0 N–H and O–H groups in total. The van der Waals surface area contributed by atoms with Gasteiger partial charge in [0.1, 0.15) is 0 Å². The quantitative estimate of drug-likeness (QED) is 0.752. The second-order valence-corrected chi connectivity index (χ2v) is 9.33. The summed E-state index contributed by atoms with van der Waals surface area (Å²) in [4.78, 5) is 36.5. The lowest BCUT2D eigenvalue weighted by Crippen LogP contribution is -2.57. The molecule has 1 aromatic rings. The minimum absolute atomic E-state index is 0.0233. The number of pyridine rings is 1. The predicted molar refractivity (Wildman–Crippen MR) is 120 cm³/mol. The Kier molecular flexibility index (Phi) is 5.90. The monoisotopic (exact) mass is 420 g/mol. The van der Waals surface area contributed by atoms with Crippen LogP contribution in [0.5, 0.6) is 0 Å². The van der Waals surface area contributed by atoms with Crippen molar-refractivity contribution in [2.24, 2.45) is 5.92 Å². The molecule has 0 spiro atoms. The van der Waals surface area contributed by atoms with E-state index in [4.69, 9.17) is 0 Å². The number of hydrogen-bond donors (Lipinski definition) is 0. The number of amides is 2. The molecule has 31 heavy (non-hydrogen) atoms. The molecule has 6 nitrogen and oxygen atoms in total. The van der Waals surface area contributed by atoms with Crippen LogP contribution in [0.3, 0.4) is 0 Å². The summed E-state index contributed by atoms with van der Waals surface area (Å²) in [5, 5.41) is 0. The molecule has 0 aromatic carbocycles. The van der Waals surface area contributed by atoms with Crippen LogP contribution in [0.25, 0.3) is 5.57 Å². The van der Waals surface area contributed by atoms with Crippen molar-refractivity contribution >= 4 is 17.4 Å². The molecular formula is C25H32N4O2. The fraction of sp³-hybridized carbons (Fsp3) is 0.560. The summed E-state index contributed by atoms with van der Waals surface area (Å²) < 4.78 is 0. The molecule has 6 heteroatoms. The maximum Gasteiger partial charge on any atom is 0.249 e. The molecular weight excluding hydrogens is 388 g/mol. The first kappa shape index (κ1) is 20.4. The summed E-state index contributed by atoms with van der Waals surface area (Å²) in [6, 6.07) is 4.75. The minimum atomic E-state index is -0.0233. The third-order valence-corrected chi connectivity index (χ3v) is 7.41. The maximum absolute atomic E-state index is 13.0. The van der Waals surface area contributed by atoms with E-state index in [1.54, 1.807) is 6.20 Å². The van der Waals surface area contributed by atoms with E-state index < -0.39 is 0 Å². The number of carbonyl (C=O) groups excluding carboxylic acids is 2. The molecule has 4 aliphatic rings. The Morgan fingerprint density at radius 1 is 0.935 bits per heavy atom. The van der Waals surface area contributed by atoms with Crippen LogP contribution in [0, 0.1) is 5.92 Å². The van der Waals surface area contributed by atoms with Gasteiger partial charge in [-0.25, -0.2) is 0 Å². The fourth-order valence-corrected chi connectivity index (χ4v) is 5.15. The van der Waals surface area contributed by atoms with Crippen molar-refractivity contribution in [1.29, 1.82) is 0 Å². The average molecular weight is 421 g/mol. The highest BCUT2D eigenvalue weighted by Gasteiger charge is 2.39. The van der Waals surface area contributed by atoms with E-state index in [9.17, 15) is 9.59 Å². The van der Waals surface area contributed by atoms with Crippen LogP contribution in [-0.4, -0.2) is 76.8 Å². The van der Waals surface area contributed by atoms with Gasteiger partial charge in [0.05, 0.1) is 5.92 Å². The second kappa shape index (κ2) is 8.95. The number of carbonyl (C=O) groups is 2. The molecule has 3 fully saturated rings. The van der Waals surface area contributed by atoms with E-state index >= 15 is 0 Å². The van der Waals surface area contributed by atoms with Crippen LogP contribution in [0.2, 0.25) is 0 Å². The van der Waals surface area contributed by atoms with Crippen LogP contribution in [0.1, 0.15) is 44.1 Å². The van der Waals surface area contributed by atoms with Crippen LogP contribution < -0.4 is 0 Å². The van der Waals surface area contributed by atoms with Crippen molar-refractivity contribution in [1.82, 2.24) is 19.7 Å². The van der Waals surface area contributed by atoms with Crippen molar-refractivity contribution < 1.29 is 9.59 Å². The lowest BCUT2D eigenvalue weighted by Gasteiger charge is -2.41. The summed E-state index contributed by atoms with van der Waals surface area (Å²) in [5.41, 5.74) is 3.19. The summed E-state index contributed by atoms with van der Waals surface area (Å²) in [5.74, 6) is 0.318. The zero-order chi connectivity index (χ0) is 21.2. The van der Waals surface area contributed by atoms with Gasteiger partial charge in [0.15, 0.2) is 0 Å². The van der Waals surface area contributed by atoms with Crippen molar-refractivity contribution in [2.75, 3.05) is 39.3 Å². The van der Waals surface area contributed by atoms with Gasteiger partial charge >= 0.3 is 0 Å². The van der Waals surface area contributed by atoms with E-state index in [0.29, 0.717) is 13.1 Å². The topological polar surface area (TPSA) is 56.8 Å². The van der Waals surface area contributed by atoms with E-state index in [0.717, 1.165) is 62.6 Å². The molecule has 0 unspecified atom stereocenters. The summed E-state index contributed by atoms with van der Waals surface area (Å²) in [6.45, 7) is 4.96. The van der Waals surface area contributed by atoms with Crippen LogP contribution in [0.15, 0.2) is 42.3 Å². The molecule has 0 atom stereocenters. The molecule has 1 aromatic heterocycles. The van der Waals surface area contributed by atoms with Gasteiger partial charge in [-0.3, -0.25) is 19.5 Å². The normalized spacial score (nSPS) is 23.4. The van der Waals surface area contributed by atoms with Gasteiger partial charge in [-0.05, 0) is 49.3 Å². The molecule has 5 rings (SSSR count). The molecule has 2 amide bonds. The lowest BCUT2D eigenvalue weighted by atomic mass is 9.91. The highest BCUT2D eigenvalue weighted by Crippen LogP contribution is 2.30. The van der Waals surface area contributed by atoms with Gasteiger partial charge in [0.25, 0.3) is 0 Å². The number of aromatic nitrogens is 1. The Morgan fingerprint density at radius 3 is 2.48 bits per heavy atom. The first-order valence-corrected chi connectivity index (χ1v) is 11.8. The number of likely N-dealkylation sites (tertiary alicyclic amines) is 1. The maximum atomic E-state index is 13.0. The first-order chi connectivity index (χ1) is 15.2. The Bertz CT molecular complexity index is 884. The standard InChI is InChI=1S/C25H32N4O2/c30-24(20-9-7-19(8-10-20)21-4-2-11-26-16-21)29-17-22(18-29)25(31)28-13-3-12-27(14-15-28)23-5-1-6-23/h2,4,7,9,11,16,22-23H,1,3,5-6,8,10,12-15,17-18H2.